The highest BCUT2D eigenvalue weighted by atomic mass is 16.5. The van der Waals surface area contributed by atoms with Crippen molar-refractivity contribution in [2.24, 2.45) is 0 Å². The Morgan fingerprint density at radius 2 is 1.95 bits per heavy atom. The predicted octanol–water partition coefficient (Wildman–Crippen LogP) is 2.51. The summed E-state index contributed by atoms with van der Waals surface area (Å²) in [5.41, 5.74) is 1.31. The number of nitrogens with zero attached hydrogens (tertiary/aromatic N) is 2. The fourth-order valence-corrected chi connectivity index (χ4v) is 1.78. The Kier molecular flexibility index (Phi) is 4.26. The third-order valence-corrected chi connectivity index (χ3v) is 3.06. The lowest BCUT2D eigenvalue weighted by Gasteiger charge is -2.20. The van der Waals surface area contributed by atoms with Crippen LogP contribution in [0.3, 0.4) is 0 Å². The van der Waals surface area contributed by atoms with E-state index in [1.807, 2.05) is 24.3 Å². The third kappa shape index (κ3) is 4.05. The average Bonchev–Trinajstić information content (AvgIpc) is 2.91. The van der Waals surface area contributed by atoms with Gasteiger partial charge in [0.1, 0.15) is 12.1 Å². The molecule has 0 spiro atoms. The fraction of sp³-hybridized carbons (Fsp3) is 0.400. The predicted molar refractivity (Wildman–Crippen MR) is 80.2 cm³/mol. The summed E-state index contributed by atoms with van der Waals surface area (Å²) in [5.74, 6) is 0.674. The molecule has 0 bridgehead atoms. The Morgan fingerprint density at radius 3 is 2.48 bits per heavy atom. The van der Waals surface area contributed by atoms with Gasteiger partial charge in [-0.15, -0.1) is 0 Å². The van der Waals surface area contributed by atoms with Gasteiger partial charge in [0, 0.05) is 0 Å². The van der Waals surface area contributed by atoms with E-state index in [1.54, 1.807) is 6.92 Å². The van der Waals surface area contributed by atoms with E-state index in [0.29, 0.717) is 11.7 Å². The molecule has 0 fully saturated rings. The Balaban J connectivity index is 1.96. The van der Waals surface area contributed by atoms with Gasteiger partial charge in [-0.3, -0.25) is 10.1 Å². The van der Waals surface area contributed by atoms with Crippen LogP contribution < -0.4 is 10.1 Å². The lowest BCUT2D eigenvalue weighted by molar-refractivity contribution is -0.122. The minimum absolute atomic E-state index is 0.0911. The number of hydrogen-bond donors (Lipinski definition) is 2. The second kappa shape index (κ2) is 5.95. The number of hydrogen-bond acceptors (Lipinski definition) is 4. The van der Waals surface area contributed by atoms with Gasteiger partial charge in [-0.25, -0.2) is 5.10 Å². The van der Waals surface area contributed by atoms with Crippen LogP contribution in [0, 0.1) is 0 Å². The van der Waals surface area contributed by atoms with Crippen LogP contribution in [0.15, 0.2) is 30.6 Å². The number of rotatable bonds is 4. The molecule has 0 saturated heterocycles. The molecule has 0 saturated carbocycles. The first-order chi connectivity index (χ1) is 9.86. The van der Waals surface area contributed by atoms with Crippen molar-refractivity contribution < 1.29 is 9.53 Å². The smallest absolute Gasteiger partial charge is 0.267 e. The van der Waals surface area contributed by atoms with Crippen LogP contribution in [-0.2, 0) is 10.2 Å². The summed E-state index contributed by atoms with van der Waals surface area (Å²) in [5, 5.41) is 8.81. The van der Waals surface area contributed by atoms with Crippen molar-refractivity contribution in [3.8, 4) is 5.75 Å². The summed E-state index contributed by atoms with van der Waals surface area (Å²) in [4.78, 5) is 15.7. The maximum atomic E-state index is 11.9. The number of aromatic amines is 1. The lowest BCUT2D eigenvalue weighted by Crippen LogP contribution is -2.30. The normalized spacial score (nSPS) is 12.8. The molecule has 2 N–H and O–H groups in total. The molecule has 0 aliphatic carbocycles. The first-order valence-corrected chi connectivity index (χ1v) is 6.79. The van der Waals surface area contributed by atoms with Gasteiger partial charge in [-0.1, -0.05) is 32.9 Å². The number of carbonyl (C=O) groups excluding carboxylic acids is 1. The molecule has 2 aromatic rings. The Morgan fingerprint density at radius 1 is 1.29 bits per heavy atom. The maximum absolute atomic E-state index is 11.9. The van der Waals surface area contributed by atoms with E-state index >= 15 is 0 Å². The zero-order valence-corrected chi connectivity index (χ0v) is 12.7. The number of H-pyrrole nitrogens is 1. The molecule has 1 aromatic heterocycles. The van der Waals surface area contributed by atoms with Crippen LogP contribution in [0.5, 0.6) is 5.75 Å². The van der Waals surface area contributed by atoms with E-state index in [9.17, 15) is 4.79 Å². The van der Waals surface area contributed by atoms with Crippen LogP contribution in [-0.4, -0.2) is 27.2 Å². The summed E-state index contributed by atoms with van der Waals surface area (Å²) in [6.45, 7) is 8.13. The van der Waals surface area contributed by atoms with Crippen molar-refractivity contribution in [2.75, 3.05) is 5.32 Å². The molecule has 0 aliphatic heterocycles. The zero-order chi connectivity index (χ0) is 15.5. The van der Waals surface area contributed by atoms with Gasteiger partial charge in [-0.2, -0.15) is 10.1 Å². The van der Waals surface area contributed by atoms with Crippen molar-refractivity contribution in [2.45, 2.75) is 39.2 Å². The van der Waals surface area contributed by atoms with E-state index < -0.39 is 6.10 Å². The summed E-state index contributed by atoms with van der Waals surface area (Å²) in [6, 6.07) is 7.77. The van der Waals surface area contributed by atoms with Crippen molar-refractivity contribution in [3.63, 3.8) is 0 Å². The van der Waals surface area contributed by atoms with Gasteiger partial charge in [0.15, 0.2) is 6.10 Å². The quantitative estimate of drug-likeness (QED) is 0.906. The molecule has 2 rings (SSSR count). The van der Waals surface area contributed by atoms with Gasteiger partial charge in [0.05, 0.1) is 0 Å². The highest BCUT2D eigenvalue weighted by Gasteiger charge is 2.17. The number of carbonyl (C=O) groups is 1. The van der Waals surface area contributed by atoms with Crippen LogP contribution in [0.4, 0.5) is 5.95 Å². The molecular weight excluding hydrogens is 268 g/mol. The van der Waals surface area contributed by atoms with Gasteiger partial charge in [0.2, 0.25) is 5.95 Å². The molecule has 1 aromatic carbocycles. The summed E-state index contributed by atoms with van der Waals surface area (Å²) >= 11 is 0. The molecule has 6 nitrogen and oxygen atoms in total. The van der Waals surface area contributed by atoms with E-state index in [2.05, 4.69) is 41.3 Å². The number of ether oxygens (including phenoxy) is 1. The Labute approximate surface area is 123 Å². The van der Waals surface area contributed by atoms with Crippen molar-refractivity contribution in [1.29, 1.82) is 0 Å². The molecule has 21 heavy (non-hydrogen) atoms. The first-order valence-electron chi connectivity index (χ1n) is 6.79. The fourth-order valence-electron chi connectivity index (χ4n) is 1.78. The summed E-state index contributed by atoms with van der Waals surface area (Å²) in [7, 11) is 0. The van der Waals surface area contributed by atoms with Crippen LogP contribution in [0.25, 0.3) is 0 Å². The van der Waals surface area contributed by atoms with Crippen LogP contribution in [0.1, 0.15) is 33.3 Å². The maximum Gasteiger partial charge on any atom is 0.267 e. The second-order valence-electron chi connectivity index (χ2n) is 5.86. The minimum atomic E-state index is -0.629. The van der Waals surface area contributed by atoms with Gasteiger partial charge in [-0.05, 0) is 30.0 Å². The molecule has 0 aliphatic rings. The zero-order valence-electron chi connectivity index (χ0n) is 12.7. The van der Waals surface area contributed by atoms with Crippen molar-refractivity contribution >= 4 is 11.9 Å². The number of anilines is 1. The average molecular weight is 288 g/mol. The van der Waals surface area contributed by atoms with Gasteiger partial charge < -0.3 is 4.74 Å². The lowest BCUT2D eigenvalue weighted by atomic mass is 9.87. The van der Waals surface area contributed by atoms with Crippen LogP contribution >= 0.6 is 0 Å². The highest BCUT2D eigenvalue weighted by Crippen LogP contribution is 2.24. The second-order valence-corrected chi connectivity index (χ2v) is 5.86. The number of benzene rings is 1. The number of nitrogens with one attached hydrogen (secondary N) is 2. The summed E-state index contributed by atoms with van der Waals surface area (Å²) in [6.07, 6.45) is 0.697. The van der Waals surface area contributed by atoms with E-state index in [0.717, 1.165) is 0 Å². The minimum Gasteiger partial charge on any atom is -0.481 e. The first kappa shape index (κ1) is 15.0. The van der Waals surface area contributed by atoms with E-state index in [-0.39, 0.29) is 11.3 Å². The van der Waals surface area contributed by atoms with Gasteiger partial charge in [0.25, 0.3) is 5.91 Å². The number of aromatic nitrogens is 3. The molecular formula is C15H20N4O2. The monoisotopic (exact) mass is 288 g/mol. The van der Waals surface area contributed by atoms with Gasteiger partial charge >= 0.3 is 0 Å². The standard InChI is InChI=1S/C15H20N4O2/c1-10(13(20)18-14-16-9-17-19-14)21-12-7-5-11(6-8-12)15(2,3)4/h5-10H,1-4H3,(H2,16,17,18,19,20)/t10-/m1/s1. The molecule has 112 valence electrons. The molecule has 1 amide bonds. The van der Waals surface area contributed by atoms with E-state index in [4.69, 9.17) is 4.74 Å². The molecule has 0 unspecified atom stereocenters. The van der Waals surface area contributed by atoms with Crippen molar-refractivity contribution in [1.82, 2.24) is 15.2 Å². The van der Waals surface area contributed by atoms with E-state index in [1.165, 1.54) is 11.9 Å². The molecule has 0 radical (unpaired) electrons. The van der Waals surface area contributed by atoms with Crippen molar-refractivity contribution in [3.05, 3.63) is 36.2 Å². The molecule has 6 heteroatoms. The Hall–Kier alpha value is -2.37. The summed E-state index contributed by atoms with van der Waals surface area (Å²) < 4.78 is 5.62. The highest BCUT2D eigenvalue weighted by molar-refractivity contribution is 5.92. The Bertz CT molecular complexity index is 585. The SMILES string of the molecule is C[C@@H](Oc1ccc(C(C)(C)C)cc1)C(=O)Nc1ncn[nH]1. The molecule has 1 heterocycles. The van der Waals surface area contributed by atoms with Crippen LogP contribution in [0.2, 0.25) is 0 Å². The molecule has 1 atom stereocenters. The number of amides is 1. The topological polar surface area (TPSA) is 79.9 Å². The largest absolute Gasteiger partial charge is 0.481 e. The third-order valence-electron chi connectivity index (χ3n) is 3.06.